The highest BCUT2D eigenvalue weighted by Gasteiger charge is 2.40. The van der Waals surface area contributed by atoms with Gasteiger partial charge in [-0.3, -0.25) is 0 Å². The average molecular weight is 440 g/mol. The Bertz CT molecular complexity index is 1090. The van der Waals surface area contributed by atoms with Gasteiger partial charge in [0.15, 0.2) is 11.7 Å². The smallest absolute Gasteiger partial charge is 0.342 e. The lowest BCUT2D eigenvalue weighted by Crippen LogP contribution is -2.44. The molecule has 5 nitrogen and oxygen atoms in total. The normalized spacial score (nSPS) is 12.2. The molecule has 0 N–H and O–H groups in total. The fourth-order valence-corrected chi connectivity index (χ4v) is 4.25. The highest BCUT2D eigenvalue weighted by Crippen LogP contribution is 2.40. The van der Waals surface area contributed by atoms with Gasteiger partial charge in [-0.15, -0.1) is 0 Å². The molecule has 31 heavy (non-hydrogen) atoms. The van der Waals surface area contributed by atoms with Gasteiger partial charge in [0.05, 0.1) is 5.56 Å². The fourth-order valence-electron chi connectivity index (χ4n) is 3.15. The van der Waals surface area contributed by atoms with E-state index in [4.69, 9.17) is 13.3 Å². The minimum atomic E-state index is -2.14. The summed E-state index contributed by atoms with van der Waals surface area (Å²) in [5, 5.41) is 0.0130. The third-order valence-electron chi connectivity index (χ3n) is 6.16. The summed E-state index contributed by atoms with van der Waals surface area (Å²) in [5.41, 5.74) is 2.75. The Labute approximate surface area is 185 Å². The molecule has 2 heterocycles. The van der Waals surface area contributed by atoms with E-state index in [1.807, 2.05) is 25.1 Å². The summed E-state index contributed by atoms with van der Waals surface area (Å²) >= 11 is 0. The SMILES string of the molecule is CCc1c(-c2coc(CCc3ccccc3)n2)oc(=O)c(C)c1O[Si](C)(C)C(C)(C)C. The van der Waals surface area contributed by atoms with E-state index in [0.717, 1.165) is 12.0 Å². The quantitative estimate of drug-likeness (QED) is 0.402. The molecule has 0 saturated heterocycles. The first-order chi connectivity index (χ1) is 14.5. The number of benzene rings is 1. The van der Waals surface area contributed by atoms with Crippen molar-refractivity contribution in [2.24, 2.45) is 0 Å². The summed E-state index contributed by atoms with van der Waals surface area (Å²) in [6.07, 6.45) is 3.74. The Hall–Kier alpha value is -2.60. The summed E-state index contributed by atoms with van der Waals surface area (Å²) < 4.78 is 18.0. The summed E-state index contributed by atoms with van der Waals surface area (Å²) in [5.74, 6) is 1.71. The Kier molecular flexibility index (Phi) is 6.60. The molecule has 0 aliphatic heterocycles. The van der Waals surface area contributed by atoms with Crippen molar-refractivity contribution in [3.05, 3.63) is 69.6 Å². The molecule has 6 heteroatoms. The average Bonchev–Trinajstić information content (AvgIpc) is 3.18. The van der Waals surface area contributed by atoms with E-state index in [1.165, 1.54) is 5.56 Å². The van der Waals surface area contributed by atoms with E-state index >= 15 is 0 Å². The van der Waals surface area contributed by atoms with Crippen LogP contribution in [0, 0.1) is 6.92 Å². The van der Waals surface area contributed by atoms with Crippen LogP contribution >= 0.6 is 0 Å². The van der Waals surface area contributed by atoms with Gasteiger partial charge in [0.1, 0.15) is 17.7 Å². The topological polar surface area (TPSA) is 65.5 Å². The fraction of sp³-hybridized carbons (Fsp3) is 0.440. The zero-order valence-corrected chi connectivity index (χ0v) is 20.7. The Morgan fingerprint density at radius 1 is 1.10 bits per heavy atom. The Morgan fingerprint density at radius 2 is 1.77 bits per heavy atom. The second kappa shape index (κ2) is 8.87. The van der Waals surface area contributed by atoms with Crippen LogP contribution in [0.1, 0.15) is 50.3 Å². The molecular formula is C25H33NO4Si. The molecule has 0 bridgehead atoms. The third-order valence-corrected chi connectivity index (χ3v) is 10.5. The van der Waals surface area contributed by atoms with E-state index in [9.17, 15) is 4.79 Å². The minimum absolute atomic E-state index is 0.0130. The first-order valence-corrected chi connectivity index (χ1v) is 13.8. The molecule has 0 spiro atoms. The molecule has 3 aromatic rings. The number of hydrogen-bond donors (Lipinski definition) is 0. The molecule has 1 aromatic carbocycles. The van der Waals surface area contributed by atoms with Crippen molar-refractivity contribution < 1.29 is 13.3 Å². The number of nitrogens with zero attached hydrogens (tertiary/aromatic N) is 1. The summed E-state index contributed by atoms with van der Waals surface area (Å²) in [6.45, 7) is 14.7. The number of aromatic nitrogens is 1. The van der Waals surface area contributed by atoms with E-state index in [-0.39, 0.29) is 5.04 Å². The van der Waals surface area contributed by atoms with Gasteiger partial charge in [-0.25, -0.2) is 9.78 Å². The van der Waals surface area contributed by atoms with Gasteiger partial charge in [0.25, 0.3) is 8.32 Å². The number of hydrogen-bond acceptors (Lipinski definition) is 5. The van der Waals surface area contributed by atoms with E-state index in [0.29, 0.717) is 41.5 Å². The van der Waals surface area contributed by atoms with Gasteiger partial charge < -0.3 is 13.3 Å². The van der Waals surface area contributed by atoms with Crippen LogP contribution in [-0.4, -0.2) is 13.3 Å². The van der Waals surface area contributed by atoms with Crippen molar-refractivity contribution in [2.45, 2.75) is 72.0 Å². The molecule has 0 fully saturated rings. The summed E-state index contributed by atoms with van der Waals surface area (Å²) in [6, 6.07) is 10.2. The zero-order chi connectivity index (χ0) is 22.8. The van der Waals surface area contributed by atoms with Crippen LogP contribution in [-0.2, 0) is 19.3 Å². The Balaban J connectivity index is 1.96. The molecule has 0 unspecified atom stereocenters. The highest BCUT2D eigenvalue weighted by atomic mass is 28.4. The molecular weight excluding hydrogens is 406 g/mol. The molecule has 0 radical (unpaired) electrons. The second-order valence-corrected chi connectivity index (χ2v) is 14.2. The number of oxazole rings is 1. The molecule has 0 atom stereocenters. The maximum absolute atomic E-state index is 12.7. The van der Waals surface area contributed by atoms with E-state index < -0.39 is 13.9 Å². The van der Waals surface area contributed by atoms with Crippen molar-refractivity contribution in [3.63, 3.8) is 0 Å². The van der Waals surface area contributed by atoms with Gasteiger partial charge >= 0.3 is 5.63 Å². The number of aryl methyl sites for hydroxylation is 2. The van der Waals surface area contributed by atoms with E-state index in [1.54, 1.807) is 13.2 Å². The Morgan fingerprint density at radius 3 is 2.39 bits per heavy atom. The minimum Gasteiger partial charge on any atom is -0.543 e. The standard InChI is InChI=1S/C25H33NO4Si/c1-8-19-22(30-31(6,7)25(3,4)5)17(2)24(27)29-23(19)20-16-28-21(26-20)15-14-18-12-10-9-11-13-18/h9-13,16H,8,14-15H2,1-7H3. The van der Waals surface area contributed by atoms with E-state index in [2.05, 4.69) is 51.0 Å². The first-order valence-electron chi connectivity index (χ1n) is 10.9. The first kappa shape index (κ1) is 23.1. The van der Waals surface area contributed by atoms with Crippen molar-refractivity contribution in [1.82, 2.24) is 4.98 Å². The van der Waals surface area contributed by atoms with Crippen LogP contribution in [0.2, 0.25) is 18.1 Å². The lowest BCUT2D eigenvalue weighted by atomic mass is 10.1. The lowest BCUT2D eigenvalue weighted by Gasteiger charge is -2.37. The monoisotopic (exact) mass is 439 g/mol. The highest BCUT2D eigenvalue weighted by molar-refractivity contribution is 6.74. The largest absolute Gasteiger partial charge is 0.543 e. The predicted octanol–water partition coefficient (Wildman–Crippen LogP) is 6.33. The molecule has 0 aliphatic carbocycles. The summed E-state index contributed by atoms with van der Waals surface area (Å²) in [4.78, 5) is 17.3. The predicted molar refractivity (Wildman–Crippen MR) is 126 cm³/mol. The molecule has 0 aliphatic rings. The van der Waals surface area contributed by atoms with Crippen molar-refractivity contribution in [2.75, 3.05) is 0 Å². The van der Waals surface area contributed by atoms with Gasteiger partial charge in [-0.2, -0.15) is 0 Å². The van der Waals surface area contributed by atoms with Crippen LogP contribution in [0.5, 0.6) is 5.75 Å². The summed E-state index contributed by atoms with van der Waals surface area (Å²) in [7, 11) is -2.14. The van der Waals surface area contributed by atoms with Crippen LogP contribution in [0.15, 0.2) is 50.2 Å². The van der Waals surface area contributed by atoms with Crippen LogP contribution in [0.25, 0.3) is 11.5 Å². The van der Waals surface area contributed by atoms with Crippen LogP contribution < -0.4 is 10.1 Å². The molecule has 0 amide bonds. The number of rotatable bonds is 7. The third kappa shape index (κ3) is 5.01. The van der Waals surface area contributed by atoms with Crippen LogP contribution in [0.4, 0.5) is 0 Å². The second-order valence-electron chi connectivity index (χ2n) is 9.48. The molecule has 2 aromatic heterocycles. The van der Waals surface area contributed by atoms with Crippen molar-refractivity contribution in [1.29, 1.82) is 0 Å². The van der Waals surface area contributed by atoms with Gasteiger partial charge in [0.2, 0.25) is 0 Å². The maximum atomic E-state index is 12.7. The van der Waals surface area contributed by atoms with Gasteiger partial charge in [0, 0.05) is 12.0 Å². The van der Waals surface area contributed by atoms with Crippen LogP contribution in [0.3, 0.4) is 0 Å². The van der Waals surface area contributed by atoms with Crippen molar-refractivity contribution >= 4 is 8.32 Å². The zero-order valence-electron chi connectivity index (χ0n) is 19.7. The van der Waals surface area contributed by atoms with Crippen molar-refractivity contribution in [3.8, 4) is 17.2 Å². The molecule has 0 saturated carbocycles. The van der Waals surface area contributed by atoms with Gasteiger partial charge in [-0.05, 0) is 43.5 Å². The maximum Gasteiger partial charge on any atom is 0.342 e. The molecule has 166 valence electrons. The van der Waals surface area contributed by atoms with Gasteiger partial charge in [-0.1, -0.05) is 58.0 Å². The lowest BCUT2D eigenvalue weighted by molar-refractivity contribution is 0.455. The molecule has 3 rings (SSSR count).